The summed E-state index contributed by atoms with van der Waals surface area (Å²) >= 11 is 7.16. The van der Waals surface area contributed by atoms with Crippen molar-refractivity contribution in [1.82, 2.24) is 14.9 Å². The van der Waals surface area contributed by atoms with Crippen LogP contribution in [0, 0.1) is 5.82 Å². The smallest absolute Gasteiger partial charge is 0.252 e. The Labute approximate surface area is 163 Å². The molecule has 0 atom stereocenters. The third kappa shape index (κ3) is 3.77. The van der Waals surface area contributed by atoms with Crippen LogP contribution in [-0.2, 0) is 17.9 Å². The molecular weight excluding hydrogens is 391 g/mol. The summed E-state index contributed by atoms with van der Waals surface area (Å²) in [5.41, 5.74) is 0.418. The molecule has 2 heterocycles. The van der Waals surface area contributed by atoms with E-state index in [-0.39, 0.29) is 30.6 Å². The van der Waals surface area contributed by atoms with E-state index in [1.807, 2.05) is 0 Å². The Morgan fingerprint density at radius 1 is 1.15 bits per heavy atom. The second kappa shape index (κ2) is 7.58. The van der Waals surface area contributed by atoms with Crippen LogP contribution in [0.3, 0.4) is 0 Å². The fraction of sp³-hybridized carbons (Fsp3) is 0.167. The fourth-order valence-electron chi connectivity index (χ4n) is 2.66. The molecule has 2 aromatic carbocycles. The highest BCUT2D eigenvalue weighted by Crippen LogP contribution is 2.25. The van der Waals surface area contributed by atoms with Crippen molar-refractivity contribution in [2.24, 2.45) is 0 Å². The Bertz CT molecular complexity index is 980. The Balaban J connectivity index is 1.59. The molecule has 0 spiro atoms. The zero-order chi connectivity index (χ0) is 18.8. The zero-order valence-corrected chi connectivity index (χ0v) is 15.6. The molecule has 9 heteroatoms. The van der Waals surface area contributed by atoms with Crippen molar-refractivity contribution < 1.29 is 13.9 Å². The second-order valence-corrected chi connectivity index (χ2v) is 7.16. The van der Waals surface area contributed by atoms with Gasteiger partial charge in [0.05, 0.1) is 12.3 Å². The van der Waals surface area contributed by atoms with Crippen LogP contribution in [0.5, 0.6) is 5.75 Å². The monoisotopic (exact) mass is 404 g/mol. The van der Waals surface area contributed by atoms with Crippen molar-refractivity contribution in [3.63, 3.8) is 0 Å². The van der Waals surface area contributed by atoms with Gasteiger partial charge in [0, 0.05) is 10.6 Å². The van der Waals surface area contributed by atoms with E-state index >= 15 is 0 Å². The van der Waals surface area contributed by atoms with Crippen molar-refractivity contribution in [1.29, 1.82) is 0 Å². The molecular formula is C18H14ClFN4O2S. The van der Waals surface area contributed by atoms with Crippen molar-refractivity contribution in [3.8, 4) is 5.75 Å². The lowest BCUT2D eigenvalue weighted by Crippen LogP contribution is -2.45. The highest BCUT2D eigenvalue weighted by molar-refractivity contribution is 7.99. The molecule has 3 aromatic rings. The van der Waals surface area contributed by atoms with Gasteiger partial charge in [0.25, 0.3) is 5.91 Å². The van der Waals surface area contributed by atoms with Crippen LogP contribution in [0.25, 0.3) is 0 Å². The lowest BCUT2D eigenvalue weighted by molar-refractivity contribution is -0.118. The van der Waals surface area contributed by atoms with Crippen LogP contribution < -0.4 is 9.75 Å². The van der Waals surface area contributed by atoms with Gasteiger partial charge in [-0.2, -0.15) is 0 Å². The number of rotatable bonds is 5. The largest absolute Gasteiger partial charge is 0.486 e. The van der Waals surface area contributed by atoms with E-state index in [2.05, 4.69) is 10.2 Å². The molecule has 1 aliphatic heterocycles. The number of carbonyl (C=O) groups is 1. The minimum Gasteiger partial charge on any atom is -0.486 e. The number of hydrogen-bond donors (Lipinski definition) is 0. The second-order valence-electron chi connectivity index (χ2n) is 5.78. The molecule has 0 unspecified atom stereocenters. The van der Waals surface area contributed by atoms with Gasteiger partial charge in [0.1, 0.15) is 18.2 Å². The number of hydrogen-bond acceptors (Lipinski definition) is 5. The average molecular weight is 405 g/mol. The van der Waals surface area contributed by atoms with E-state index in [0.29, 0.717) is 27.3 Å². The summed E-state index contributed by atoms with van der Waals surface area (Å²) in [7, 11) is 0. The summed E-state index contributed by atoms with van der Waals surface area (Å²) in [6.07, 6.45) is 0. The van der Waals surface area contributed by atoms with Crippen molar-refractivity contribution in [3.05, 3.63) is 70.8 Å². The molecule has 0 N–H and O–H groups in total. The summed E-state index contributed by atoms with van der Waals surface area (Å²) < 4.78 is 21.4. The molecule has 27 heavy (non-hydrogen) atoms. The van der Waals surface area contributed by atoms with Crippen molar-refractivity contribution in [2.75, 3.05) is 10.8 Å². The number of halogens is 2. The minimum atomic E-state index is -0.364. The molecule has 0 radical (unpaired) electrons. The molecule has 1 amide bonds. The number of thioether (sulfide) groups is 1. The van der Waals surface area contributed by atoms with Gasteiger partial charge in [-0.3, -0.25) is 4.79 Å². The lowest BCUT2D eigenvalue weighted by atomic mass is 10.2. The number of carbonyl (C=O) groups excluding carboxylic acids is 1. The number of amides is 1. The average Bonchev–Trinajstić information content (AvgIpc) is 3.08. The molecule has 138 valence electrons. The molecule has 0 fully saturated rings. The first-order chi connectivity index (χ1) is 13.1. The molecule has 0 bridgehead atoms. The topological polar surface area (TPSA) is 60.2 Å². The summed E-state index contributed by atoms with van der Waals surface area (Å²) in [6.45, 7) is 0.196. The Kier molecular flexibility index (Phi) is 5.00. The molecule has 6 nitrogen and oxygen atoms in total. The quantitative estimate of drug-likeness (QED) is 0.652. The van der Waals surface area contributed by atoms with Gasteiger partial charge >= 0.3 is 0 Å². The standard InChI is InChI=1S/C18H14ClFN4O2S/c19-13-5-7-14(8-6-13)26-10-16-21-22-18-24(16)23(17(25)11-27-18)9-12-3-1-2-4-15(12)20/h1-8H,9-11H2. The maximum absolute atomic E-state index is 14.1. The van der Waals surface area contributed by atoms with E-state index < -0.39 is 0 Å². The van der Waals surface area contributed by atoms with Crippen molar-refractivity contribution >= 4 is 29.3 Å². The molecule has 0 saturated carbocycles. The van der Waals surface area contributed by atoms with Gasteiger partial charge in [-0.05, 0) is 30.3 Å². The van der Waals surface area contributed by atoms with Crippen molar-refractivity contribution in [2.45, 2.75) is 18.3 Å². The summed E-state index contributed by atoms with van der Waals surface area (Å²) in [5, 5.41) is 10.9. The number of ether oxygens (including phenoxy) is 1. The minimum absolute atomic E-state index is 0.0883. The Morgan fingerprint density at radius 2 is 1.93 bits per heavy atom. The first kappa shape index (κ1) is 17.8. The molecule has 1 aromatic heterocycles. The predicted octanol–water partition coefficient (Wildman–Crippen LogP) is 3.42. The summed E-state index contributed by atoms with van der Waals surface area (Å²) in [4.78, 5) is 12.5. The number of benzene rings is 2. The zero-order valence-electron chi connectivity index (χ0n) is 14.0. The SMILES string of the molecule is O=C1CSc2nnc(COc3ccc(Cl)cc3)n2N1Cc1ccccc1F. The third-order valence-corrected chi connectivity index (χ3v) is 5.15. The highest BCUT2D eigenvalue weighted by Gasteiger charge is 2.29. The number of nitrogens with zero attached hydrogens (tertiary/aromatic N) is 4. The third-order valence-electron chi connectivity index (χ3n) is 3.99. The maximum Gasteiger partial charge on any atom is 0.252 e. The van der Waals surface area contributed by atoms with Crippen LogP contribution in [0.4, 0.5) is 4.39 Å². The first-order valence-corrected chi connectivity index (χ1v) is 9.47. The predicted molar refractivity (Wildman–Crippen MR) is 99.9 cm³/mol. The molecule has 0 aliphatic carbocycles. The van der Waals surface area contributed by atoms with Gasteiger partial charge in [-0.1, -0.05) is 41.6 Å². The van der Waals surface area contributed by atoms with Gasteiger partial charge in [-0.25, -0.2) is 14.1 Å². The van der Waals surface area contributed by atoms with E-state index in [0.717, 1.165) is 0 Å². The Morgan fingerprint density at radius 3 is 2.70 bits per heavy atom. The van der Waals surface area contributed by atoms with Crippen LogP contribution in [-0.4, -0.2) is 26.5 Å². The maximum atomic E-state index is 14.1. The van der Waals surface area contributed by atoms with Gasteiger partial charge in [0.2, 0.25) is 5.16 Å². The van der Waals surface area contributed by atoms with Crippen LogP contribution >= 0.6 is 23.4 Å². The highest BCUT2D eigenvalue weighted by atomic mass is 35.5. The Hall–Kier alpha value is -2.58. The molecule has 0 saturated heterocycles. The van der Waals surface area contributed by atoms with E-state index in [4.69, 9.17) is 16.3 Å². The number of aromatic nitrogens is 3. The first-order valence-electron chi connectivity index (χ1n) is 8.11. The van der Waals surface area contributed by atoms with Gasteiger partial charge < -0.3 is 4.74 Å². The van der Waals surface area contributed by atoms with Gasteiger partial charge in [0.15, 0.2) is 5.82 Å². The molecule has 1 aliphatic rings. The number of fused-ring (bicyclic) bond motifs is 1. The van der Waals surface area contributed by atoms with E-state index in [9.17, 15) is 9.18 Å². The fourth-order valence-corrected chi connectivity index (χ4v) is 3.61. The van der Waals surface area contributed by atoms with Gasteiger partial charge in [-0.15, -0.1) is 10.2 Å². The lowest BCUT2D eigenvalue weighted by Gasteiger charge is -2.29. The van der Waals surface area contributed by atoms with Crippen LogP contribution in [0.2, 0.25) is 5.02 Å². The van der Waals surface area contributed by atoms with E-state index in [1.165, 1.54) is 22.8 Å². The summed E-state index contributed by atoms with van der Waals surface area (Å²) in [6, 6.07) is 13.3. The summed E-state index contributed by atoms with van der Waals surface area (Å²) in [5.74, 6) is 0.786. The molecule has 4 rings (SSSR count). The normalized spacial score (nSPS) is 13.6. The van der Waals surface area contributed by atoms with E-state index in [1.54, 1.807) is 47.1 Å². The van der Waals surface area contributed by atoms with Crippen LogP contribution in [0.1, 0.15) is 11.4 Å². The van der Waals surface area contributed by atoms with Crippen LogP contribution in [0.15, 0.2) is 53.7 Å².